The second-order valence-corrected chi connectivity index (χ2v) is 8.41. The molecule has 0 aliphatic carbocycles. The van der Waals surface area contributed by atoms with Crippen LogP contribution in [0.5, 0.6) is 0 Å². The fourth-order valence-electron chi connectivity index (χ4n) is 4.10. The van der Waals surface area contributed by atoms with Gasteiger partial charge in [-0.15, -0.1) is 0 Å². The molecular weight excluding hydrogens is 378 g/mol. The van der Waals surface area contributed by atoms with E-state index in [0.29, 0.717) is 30.8 Å². The Balaban J connectivity index is 1.83. The Labute approximate surface area is 180 Å². The van der Waals surface area contributed by atoms with Gasteiger partial charge in [0.15, 0.2) is 0 Å². The van der Waals surface area contributed by atoms with Crippen molar-refractivity contribution in [2.24, 2.45) is 0 Å². The zero-order chi connectivity index (χ0) is 21.7. The molecule has 30 heavy (non-hydrogen) atoms. The molecule has 0 aromatic heterocycles. The molecule has 2 amide bonds. The molecule has 2 aliphatic rings. The van der Waals surface area contributed by atoms with Crippen LogP contribution in [0.25, 0.3) is 5.57 Å². The Morgan fingerprint density at radius 2 is 1.67 bits per heavy atom. The van der Waals surface area contributed by atoms with E-state index in [9.17, 15) is 9.59 Å². The van der Waals surface area contributed by atoms with Crippen LogP contribution < -0.4 is 0 Å². The van der Waals surface area contributed by atoms with Crippen LogP contribution in [0, 0.1) is 13.8 Å². The van der Waals surface area contributed by atoms with Crippen molar-refractivity contribution in [2.45, 2.75) is 40.0 Å². The number of imide groups is 1. The van der Waals surface area contributed by atoms with Gasteiger partial charge in [0.25, 0.3) is 11.8 Å². The SMILES string of the molecule is CCCCOCCCN1C(=O)C(c2ccc(C)cc2C)=C(N2CCN(C)CC2)C1=O. The zero-order valence-corrected chi connectivity index (χ0v) is 18.9. The number of unbranched alkanes of at least 4 members (excludes halogenated alkanes) is 1. The summed E-state index contributed by atoms with van der Waals surface area (Å²) in [6.45, 7) is 11.2. The lowest BCUT2D eigenvalue weighted by atomic mass is 9.97. The number of carbonyl (C=O) groups is 2. The van der Waals surface area contributed by atoms with Crippen LogP contribution in [-0.2, 0) is 14.3 Å². The van der Waals surface area contributed by atoms with Crippen LogP contribution in [-0.4, -0.2) is 79.5 Å². The van der Waals surface area contributed by atoms with Crippen molar-refractivity contribution in [1.82, 2.24) is 14.7 Å². The van der Waals surface area contributed by atoms with Gasteiger partial charge in [-0.05, 0) is 44.9 Å². The van der Waals surface area contributed by atoms with E-state index in [1.165, 1.54) is 4.90 Å². The first-order valence-corrected chi connectivity index (χ1v) is 11.1. The maximum Gasteiger partial charge on any atom is 0.277 e. The molecule has 0 N–H and O–H groups in total. The number of ether oxygens (including phenoxy) is 1. The number of likely N-dealkylation sites (N-methyl/N-ethyl adjacent to an activating group) is 1. The van der Waals surface area contributed by atoms with E-state index in [0.717, 1.165) is 62.3 Å². The van der Waals surface area contributed by atoms with Gasteiger partial charge in [0.1, 0.15) is 5.70 Å². The third-order valence-corrected chi connectivity index (χ3v) is 5.93. The van der Waals surface area contributed by atoms with Gasteiger partial charge in [-0.3, -0.25) is 14.5 Å². The van der Waals surface area contributed by atoms with Gasteiger partial charge in [0.05, 0.1) is 5.57 Å². The van der Waals surface area contributed by atoms with E-state index >= 15 is 0 Å². The van der Waals surface area contributed by atoms with Crippen molar-refractivity contribution >= 4 is 17.4 Å². The summed E-state index contributed by atoms with van der Waals surface area (Å²) in [5.41, 5.74) is 4.19. The topological polar surface area (TPSA) is 53.1 Å². The first-order chi connectivity index (χ1) is 14.4. The fraction of sp³-hybridized carbons (Fsp3) is 0.583. The van der Waals surface area contributed by atoms with E-state index in [1.54, 1.807) is 0 Å². The molecule has 0 atom stereocenters. The molecule has 0 saturated carbocycles. The molecule has 2 heterocycles. The van der Waals surface area contributed by atoms with Crippen molar-refractivity contribution in [3.8, 4) is 0 Å². The van der Waals surface area contributed by atoms with Crippen molar-refractivity contribution in [1.29, 1.82) is 0 Å². The summed E-state index contributed by atoms with van der Waals surface area (Å²) in [6, 6.07) is 6.07. The number of benzene rings is 1. The number of hydrogen-bond acceptors (Lipinski definition) is 5. The molecule has 164 valence electrons. The van der Waals surface area contributed by atoms with Crippen LogP contribution in [0.1, 0.15) is 42.9 Å². The maximum atomic E-state index is 13.4. The number of rotatable bonds is 9. The third kappa shape index (κ3) is 4.93. The standard InChI is InChI=1S/C24H35N3O3/c1-5-6-15-30-16-7-10-27-23(28)21(20-9-8-18(2)17-19(20)3)22(24(27)29)26-13-11-25(4)12-14-26/h8-9,17H,5-7,10-16H2,1-4H3. The second kappa shape index (κ2) is 10.2. The molecule has 1 saturated heterocycles. The van der Waals surface area contributed by atoms with E-state index in [2.05, 4.69) is 29.8 Å². The van der Waals surface area contributed by atoms with E-state index in [1.807, 2.05) is 26.0 Å². The highest BCUT2D eigenvalue weighted by atomic mass is 16.5. The first kappa shape index (κ1) is 22.5. The van der Waals surface area contributed by atoms with Gasteiger partial charge in [0.2, 0.25) is 0 Å². The minimum absolute atomic E-state index is 0.159. The predicted molar refractivity (Wildman–Crippen MR) is 119 cm³/mol. The Morgan fingerprint density at radius 3 is 2.33 bits per heavy atom. The lowest BCUT2D eigenvalue weighted by molar-refractivity contribution is -0.137. The summed E-state index contributed by atoms with van der Waals surface area (Å²) < 4.78 is 5.62. The van der Waals surface area contributed by atoms with Gasteiger partial charge < -0.3 is 14.5 Å². The Morgan fingerprint density at radius 1 is 0.967 bits per heavy atom. The van der Waals surface area contributed by atoms with E-state index in [-0.39, 0.29) is 11.8 Å². The number of amides is 2. The average Bonchev–Trinajstić information content (AvgIpc) is 2.96. The Bertz CT molecular complexity index is 810. The quantitative estimate of drug-likeness (QED) is 0.460. The summed E-state index contributed by atoms with van der Waals surface area (Å²) in [6.07, 6.45) is 2.80. The number of carbonyl (C=O) groups excluding carboxylic acids is 2. The molecule has 3 rings (SSSR count). The zero-order valence-electron chi connectivity index (χ0n) is 18.9. The van der Waals surface area contributed by atoms with Crippen molar-refractivity contribution in [3.05, 3.63) is 40.6 Å². The van der Waals surface area contributed by atoms with Crippen LogP contribution in [0.3, 0.4) is 0 Å². The summed E-state index contributed by atoms with van der Waals surface area (Å²) in [5, 5.41) is 0. The molecule has 6 nitrogen and oxygen atoms in total. The normalized spacial score (nSPS) is 18.1. The van der Waals surface area contributed by atoms with E-state index < -0.39 is 0 Å². The van der Waals surface area contributed by atoms with Gasteiger partial charge in [-0.1, -0.05) is 37.1 Å². The average molecular weight is 414 g/mol. The summed E-state index contributed by atoms with van der Waals surface area (Å²) >= 11 is 0. The first-order valence-electron chi connectivity index (χ1n) is 11.1. The molecule has 1 aromatic carbocycles. The number of nitrogens with zero attached hydrogens (tertiary/aromatic N) is 3. The maximum absolute atomic E-state index is 13.4. The monoisotopic (exact) mass is 413 g/mol. The Hall–Kier alpha value is -2.18. The molecule has 0 radical (unpaired) electrons. The van der Waals surface area contributed by atoms with Crippen LogP contribution in [0.2, 0.25) is 0 Å². The molecule has 0 unspecified atom stereocenters. The minimum atomic E-state index is -0.172. The predicted octanol–water partition coefficient (Wildman–Crippen LogP) is 2.84. The lowest BCUT2D eigenvalue weighted by Crippen LogP contribution is -2.46. The minimum Gasteiger partial charge on any atom is -0.381 e. The number of hydrogen-bond donors (Lipinski definition) is 0. The van der Waals surface area contributed by atoms with Crippen LogP contribution in [0.4, 0.5) is 0 Å². The molecule has 6 heteroatoms. The third-order valence-electron chi connectivity index (χ3n) is 5.93. The molecule has 0 bridgehead atoms. The smallest absolute Gasteiger partial charge is 0.277 e. The highest BCUT2D eigenvalue weighted by Crippen LogP contribution is 2.34. The highest BCUT2D eigenvalue weighted by Gasteiger charge is 2.42. The van der Waals surface area contributed by atoms with Gasteiger partial charge in [-0.25, -0.2) is 0 Å². The van der Waals surface area contributed by atoms with Crippen molar-refractivity contribution in [3.63, 3.8) is 0 Å². The van der Waals surface area contributed by atoms with Crippen LogP contribution >= 0.6 is 0 Å². The van der Waals surface area contributed by atoms with Gasteiger partial charge in [-0.2, -0.15) is 0 Å². The molecular formula is C24H35N3O3. The summed E-state index contributed by atoms with van der Waals surface area (Å²) in [4.78, 5) is 32.6. The molecule has 1 aromatic rings. The highest BCUT2D eigenvalue weighted by molar-refractivity contribution is 6.35. The fourth-order valence-corrected chi connectivity index (χ4v) is 4.10. The summed E-state index contributed by atoms with van der Waals surface area (Å²) in [5.74, 6) is -0.331. The van der Waals surface area contributed by atoms with Crippen molar-refractivity contribution in [2.75, 3.05) is 53.0 Å². The number of piperazine rings is 1. The number of aryl methyl sites for hydroxylation is 2. The second-order valence-electron chi connectivity index (χ2n) is 8.41. The van der Waals surface area contributed by atoms with Crippen LogP contribution in [0.15, 0.2) is 23.9 Å². The Kier molecular flexibility index (Phi) is 7.67. The summed E-state index contributed by atoms with van der Waals surface area (Å²) in [7, 11) is 2.09. The molecule has 0 spiro atoms. The molecule has 1 fully saturated rings. The molecule has 2 aliphatic heterocycles. The van der Waals surface area contributed by atoms with Crippen molar-refractivity contribution < 1.29 is 14.3 Å². The van der Waals surface area contributed by atoms with Gasteiger partial charge >= 0.3 is 0 Å². The lowest BCUT2D eigenvalue weighted by Gasteiger charge is -2.34. The van der Waals surface area contributed by atoms with Gasteiger partial charge in [0, 0.05) is 45.9 Å². The largest absolute Gasteiger partial charge is 0.381 e. The van der Waals surface area contributed by atoms with E-state index in [4.69, 9.17) is 4.74 Å².